The van der Waals surface area contributed by atoms with E-state index >= 15 is 0 Å². The van der Waals surface area contributed by atoms with Crippen LogP contribution in [0.15, 0.2) is 12.1 Å². The molecule has 0 aliphatic rings. The molecule has 0 heterocycles. The first-order valence-corrected chi connectivity index (χ1v) is 4.32. The highest BCUT2D eigenvalue weighted by atomic mass is 35.5. The Kier molecular flexibility index (Phi) is 3.19. The third-order valence-corrected chi connectivity index (χ3v) is 2.22. The number of nitrogens with two attached hydrogens (primary N) is 2. The van der Waals surface area contributed by atoms with Crippen LogP contribution in [0.3, 0.4) is 0 Å². The zero-order chi connectivity index (χ0) is 10.7. The maximum atomic E-state index is 11.0. The average molecular weight is 215 g/mol. The molecule has 0 aliphatic heterocycles. The van der Waals surface area contributed by atoms with Crippen LogP contribution >= 0.6 is 11.6 Å². The van der Waals surface area contributed by atoms with Crippen LogP contribution in [-0.4, -0.2) is 13.1 Å². The number of methoxy groups -OCH3 is 1. The SMILES string of the molecule is COC(=O)Cc1cc(N)cc(N)c1Cl. The van der Waals surface area contributed by atoms with E-state index in [-0.39, 0.29) is 12.4 Å². The molecule has 0 fully saturated rings. The Morgan fingerprint density at radius 1 is 1.50 bits per heavy atom. The summed E-state index contributed by atoms with van der Waals surface area (Å²) in [5, 5.41) is 0.351. The molecule has 1 aromatic rings. The Bertz CT molecular complexity index is 366. The normalized spacial score (nSPS) is 9.86. The summed E-state index contributed by atoms with van der Waals surface area (Å²) < 4.78 is 4.51. The van der Waals surface area contributed by atoms with Crippen LogP contribution < -0.4 is 11.5 Å². The molecule has 0 aromatic heterocycles. The van der Waals surface area contributed by atoms with Gasteiger partial charge in [-0.05, 0) is 17.7 Å². The second-order valence-electron chi connectivity index (χ2n) is 2.84. The molecule has 76 valence electrons. The number of anilines is 2. The van der Waals surface area contributed by atoms with Crippen molar-refractivity contribution in [3.05, 3.63) is 22.7 Å². The van der Waals surface area contributed by atoms with E-state index in [1.807, 2.05) is 0 Å². The first-order valence-electron chi connectivity index (χ1n) is 3.94. The van der Waals surface area contributed by atoms with Crippen molar-refractivity contribution in [2.24, 2.45) is 0 Å². The van der Waals surface area contributed by atoms with Crippen LogP contribution in [0.2, 0.25) is 5.02 Å². The minimum Gasteiger partial charge on any atom is -0.469 e. The fraction of sp³-hybridized carbons (Fsp3) is 0.222. The summed E-state index contributed by atoms with van der Waals surface area (Å²) in [6.07, 6.45) is 0.0740. The Morgan fingerprint density at radius 2 is 2.14 bits per heavy atom. The number of hydrogen-bond donors (Lipinski definition) is 2. The van der Waals surface area contributed by atoms with Crippen LogP contribution in [0.25, 0.3) is 0 Å². The van der Waals surface area contributed by atoms with Gasteiger partial charge in [-0.25, -0.2) is 0 Å². The lowest BCUT2D eigenvalue weighted by atomic mass is 10.1. The molecule has 0 unspecified atom stereocenters. The third-order valence-electron chi connectivity index (χ3n) is 1.76. The molecule has 0 saturated carbocycles. The zero-order valence-corrected chi connectivity index (χ0v) is 8.47. The number of benzene rings is 1. The molecule has 1 rings (SSSR count). The van der Waals surface area contributed by atoms with Gasteiger partial charge in [0, 0.05) is 5.69 Å². The van der Waals surface area contributed by atoms with E-state index in [1.54, 1.807) is 12.1 Å². The van der Waals surface area contributed by atoms with Gasteiger partial charge in [-0.1, -0.05) is 11.6 Å². The predicted octanol–water partition coefficient (Wildman–Crippen LogP) is 1.22. The Balaban J connectivity index is 3.02. The number of hydrogen-bond acceptors (Lipinski definition) is 4. The van der Waals surface area contributed by atoms with E-state index in [0.717, 1.165) is 0 Å². The quantitative estimate of drug-likeness (QED) is 0.573. The number of halogens is 1. The van der Waals surface area contributed by atoms with Crippen molar-refractivity contribution in [3.63, 3.8) is 0 Å². The summed E-state index contributed by atoms with van der Waals surface area (Å²) in [6, 6.07) is 3.15. The lowest BCUT2D eigenvalue weighted by Crippen LogP contribution is -2.06. The molecule has 4 N–H and O–H groups in total. The molecule has 0 amide bonds. The van der Waals surface area contributed by atoms with Gasteiger partial charge in [0.1, 0.15) is 0 Å². The molecular formula is C9H11ClN2O2. The van der Waals surface area contributed by atoms with Crippen molar-refractivity contribution in [2.45, 2.75) is 6.42 Å². The van der Waals surface area contributed by atoms with E-state index < -0.39 is 0 Å². The van der Waals surface area contributed by atoms with Crippen LogP contribution in [0.1, 0.15) is 5.56 Å². The summed E-state index contributed by atoms with van der Waals surface area (Å²) in [6.45, 7) is 0. The number of rotatable bonds is 2. The lowest BCUT2D eigenvalue weighted by molar-refractivity contribution is -0.139. The largest absolute Gasteiger partial charge is 0.469 e. The van der Waals surface area contributed by atoms with E-state index in [0.29, 0.717) is 22.0 Å². The standard InChI is InChI=1S/C9H11ClN2O2/c1-14-8(13)3-5-2-6(11)4-7(12)9(5)10/h2,4H,3,11-12H2,1H3. The molecule has 0 bridgehead atoms. The molecule has 0 aliphatic carbocycles. The number of carbonyl (C=O) groups is 1. The van der Waals surface area contributed by atoms with Gasteiger partial charge in [-0.15, -0.1) is 0 Å². The number of nitrogen functional groups attached to an aromatic ring is 2. The first-order chi connectivity index (χ1) is 6.54. The Hall–Kier alpha value is -1.42. The summed E-state index contributed by atoms with van der Waals surface area (Å²) in [7, 11) is 1.31. The minimum atomic E-state index is -0.378. The van der Waals surface area contributed by atoms with Gasteiger partial charge in [0.2, 0.25) is 0 Å². The second-order valence-corrected chi connectivity index (χ2v) is 3.21. The molecule has 0 atom stereocenters. The van der Waals surface area contributed by atoms with Gasteiger partial charge in [0.05, 0.1) is 24.2 Å². The van der Waals surface area contributed by atoms with Gasteiger partial charge >= 0.3 is 5.97 Å². The van der Waals surface area contributed by atoms with E-state index in [2.05, 4.69) is 4.74 Å². The lowest BCUT2D eigenvalue weighted by Gasteiger charge is -2.07. The monoisotopic (exact) mass is 214 g/mol. The fourth-order valence-corrected chi connectivity index (χ4v) is 1.27. The van der Waals surface area contributed by atoms with Gasteiger partial charge in [0.15, 0.2) is 0 Å². The average Bonchev–Trinajstić information content (AvgIpc) is 2.13. The van der Waals surface area contributed by atoms with Crippen molar-refractivity contribution < 1.29 is 9.53 Å². The number of ether oxygens (including phenoxy) is 1. The van der Waals surface area contributed by atoms with Crippen molar-refractivity contribution in [1.82, 2.24) is 0 Å². The van der Waals surface area contributed by atoms with Crippen molar-refractivity contribution in [1.29, 1.82) is 0 Å². The van der Waals surface area contributed by atoms with Gasteiger partial charge in [0.25, 0.3) is 0 Å². The van der Waals surface area contributed by atoms with Gasteiger partial charge < -0.3 is 16.2 Å². The van der Waals surface area contributed by atoms with Gasteiger partial charge in [-0.3, -0.25) is 4.79 Å². The molecule has 5 heteroatoms. The smallest absolute Gasteiger partial charge is 0.310 e. The van der Waals surface area contributed by atoms with Crippen LogP contribution in [-0.2, 0) is 16.0 Å². The first kappa shape index (κ1) is 10.7. The Morgan fingerprint density at radius 3 is 2.71 bits per heavy atom. The summed E-state index contributed by atoms with van der Waals surface area (Å²) in [4.78, 5) is 11.0. The molecule has 14 heavy (non-hydrogen) atoms. The maximum Gasteiger partial charge on any atom is 0.310 e. The molecule has 1 aromatic carbocycles. The van der Waals surface area contributed by atoms with Crippen molar-refractivity contribution in [3.8, 4) is 0 Å². The summed E-state index contributed by atoms with van der Waals surface area (Å²) in [5.74, 6) is -0.378. The van der Waals surface area contributed by atoms with Gasteiger partial charge in [-0.2, -0.15) is 0 Å². The number of esters is 1. The third kappa shape index (κ3) is 2.29. The maximum absolute atomic E-state index is 11.0. The highest BCUT2D eigenvalue weighted by molar-refractivity contribution is 6.34. The summed E-state index contributed by atoms with van der Waals surface area (Å²) >= 11 is 5.88. The van der Waals surface area contributed by atoms with E-state index in [9.17, 15) is 4.79 Å². The molecule has 0 spiro atoms. The Labute approximate surface area is 86.8 Å². The summed E-state index contributed by atoms with van der Waals surface area (Å²) in [5.41, 5.74) is 12.6. The van der Waals surface area contributed by atoms with Crippen molar-refractivity contribution in [2.75, 3.05) is 18.6 Å². The van der Waals surface area contributed by atoms with E-state index in [4.69, 9.17) is 23.1 Å². The number of carbonyl (C=O) groups excluding carboxylic acids is 1. The van der Waals surface area contributed by atoms with Crippen molar-refractivity contribution >= 4 is 28.9 Å². The van der Waals surface area contributed by atoms with Crippen LogP contribution in [0.4, 0.5) is 11.4 Å². The van der Waals surface area contributed by atoms with Crippen LogP contribution in [0, 0.1) is 0 Å². The molecule has 0 saturated heterocycles. The molecular weight excluding hydrogens is 204 g/mol. The fourth-order valence-electron chi connectivity index (χ4n) is 1.09. The molecule has 4 nitrogen and oxygen atoms in total. The van der Waals surface area contributed by atoms with Crippen LogP contribution in [0.5, 0.6) is 0 Å². The second kappa shape index (κ2) is 4.19. The molecule has 0 radical (unpaired) electrons. The highest BCUT2D eigenvalue weighted by Crippen LogP contribution is 2.26. The highest BCUT2D eigenvalue weighted by Gasteiger charge is 2.10. The zero-order valence-electron chi connectivity index (χ0n) is 7.71. The topological polar surface area (TPSA) is 78.3 Å². The predicted molar refractivity (Wildman–Crippen MR) is 56.0 cm³/mol. The minimum absolute atomic E-state index is 0.0740. The van der Waals surface area contributed by atoms with E-state index in [1.165, 1.54) is 7.11 Å².